The third-order valence-electron chi connectivity index (χ3n) is 4.50. The van der Waals surface area contributed by atoms with Gasteiger partial charge in [0.25, 0.3) is 5.91 Å². The van der Waals surface area contributed by atoms with E-state index in [1.165, 1.54) is 29.4 Å². The van der Waals surface area contributed by atoms with Gasteiger partial charge in [-0.2, -0.15) is 5.10 Å². The number of hydrazone groups is 1. The average molecular weight is 428 g/mol. The highest BCUT2D eigenvalue weighted by Gasteiger charge is 2.34. The van der Waals surface area contributed by atoms with E-state index < -0.39 is 6.17 Å². The second-order valence-electron chi connectivity index (χ2n) is 6.39. The van der Waals surface area contributed by atoms with Gasteiger partial charge >= 0.3 is 0 Å². The number of fused-ring (bicyclic) bond motifs is 1. The quantitative estimate of drug-likeness (QED) is 0.513. The molecule has 146 valence electrons. The monoisotopic (exact) mass is 427 g/mol. The van der Waals surface area contributed by atoms with Crippen molar-refractivity contribution in [3.63, 3.8) is 0 Å². The van der Waals surface area contributed by atoms with E-state index in [0.717, 1.165) is 0 Å². The van der Waals surface area contributed by atoms with Crippen molar-refractivity contribution in [2.75, 3.05) is 5.32 Å². The van der Waals surface area contributed by atoms with E-state index in [0.29, 0.717) is 32.4 Å². The van der Waals surface area contributed by atoms with Crippen molar-refractivity contribution in [3.8, 4) is 11.5 Å². The molecule has 0 aromatic heterocycles. The molecule has 1 amide bonds. The molecule has 0 fully saturated rings. The number of phenolic OH excluding ortho intramolecular Hbond substituents is 2. The van der Waals surface area contributed by atoms with Crippen molar-refractivity contribution in [2.45, 2.75) is 6.17 Å². The van der Waals surface area contributed by atoms with Crippen LogP contribution in [0.25, 0.3) is 0 Å². The molecule has 1 aliphatic rings. The zero-order valence-electron chi connectivity index (χ0n) is 14.9. The van der Waals surface area contributed by atoms with Gasteiger partial charge in [0.1, 0.15) is 11.5 Å². The van der Waals surface area contributed by atoms with Crippen LogP contribution in [-0.2, 0) is 0 Å². The molecule has 0 spiro atoms. The molecule has 3 aromatic carbocycles. The van der Waals surface area contributed by atoms with Crippen LogP contribution < -0.4 is 5.32 Å². The number of anilines is 1. The summed E-state index contributed by atoms with van der Waals surface area (Å²) < 4.78 is 0. The Bertz CT molecular complexity index is 1130. The summed E-state index contributed by atoms with van der Waals surface area (Å²) in [5.74, 6) is -0.440. The molecule has 0 saturated heterocycles. The van der Waals surface area contributed by atoms with Gasteiger partial charge in [0, 0.05) is 26.9 Å². The van der Waals surface area contributed by atoms with Crippen LogP contribution in [0.5, 0.6) is 11.5 Å². The second kappa shape index (κ2) is 7.66. The molecule has 0 bridgehead atoms. The molecule has 3 aromatic rings. The lowest BCUT2D eigenvalue weighted by atomic mass is 10.0. The normalized spacial score (nSPS) is 16.0. The predicted molar refractivity (Wildman–Crippen MR) is 113 cm³/mol. The topological polar surface area (TPSA) is 85.2 Å². The number of nitrogens with one attached hydrogen (secondary N) is 1. The van der Waals surface area contributed by atoms with Gasteiger partial charge in [-0.1, -0.05) is 35.3 Å². The number of hydrogen-bond donors (Lipinski definition) is 3. The third-order valence-corrected chi connectivity index (χ3v) is 4.97. The molecule has 0 aliphatic carbocycles. The largest absolute Gasteiger partial charge is 0.508 e. The molecule has 1 atom stereocenters. The van der Waals surface area contributed by atoms with Gasteiger partial charge in [0.15, 0.2) is 6.17 Å². The first-order valence-electron chi connectivity index (χ1n) is 8.64. The van der Waals surface area contributed by atoms with Crippen molar-refractivity contribution in [1.82, 2.24) is 5.01 Å². The van der Waals surface area contributed by atoms with Gasteiger partial charge < -0.3 is 15.5 Å². The van der Waals surface area contributed by atoms with Crippen LogP contribution in [0.15, 0.2) is 65.8 Å². The van der Waals surface area contributed by atoms with Crippen LogP contribution in [-0.4, -0.2) is 27.3 Å². The van der Waals surface area contributed by atoms with E-state index in [4.69, 9.17) is 23.2 Å². The number of benzene rings is 3. The summed E-state index contributed by atoms with van der Waals surface area (Å²) in [7, 11) is 0. The highest BCUT2D eigenvalue weighted by atomic mass is 35.5. The van der Waals surface area contributed by atoms with E-state index in [1.807, 2.05) is 0 Å². The summed E-state index contributed by atoms with van der Waals surface area (Å²) >= 11 is 12.1. The highest BCUT2D eigenvalue weighted by Crippen LogP contribution is 2.37. The molecule has 1 heterocycles. The molecule has 1 aliphatic heterocycles. The smallest absolute Gasteiger partial charge is 0.278 e. The number of carbonyl (C=O) groups is 1. The number of amides is 1. The SMILES string of the molecule is O=C1c2ccccc2NC(c2cc(Cl)ccc2O)N1N=Cc1cc(Cl)ccc1O. The van der Waals surface area contributed by atoms with Gasteiger partial charge in [-0.25, -0.2) is 5.01 Å². The number of nitrogens with zero attached hydrogens (tertiary/aromatic N) is 2. The van der Waals surface area contributed by atoms with Crippen LogP contribution in [0.4, 0.5) is 5.69 Å². The first-order chi connectivity index (χ1) is 13.9. The Labute approximate surface area is 176 Å². The Morgan fingerprint density at radius 2 is 1.66 bits per heavy atom. The Hall–Kier alpha value is -3.22. The minimum atomic E-state index is -0.811. The fourth-order valence-corrected chi connectivity index (χ4v) is 3.43. The van der Waals surface area contributed by atoms with Gasteiger partial charge in [0.2, 0.25) is 0 Å². The first-order valence-corrected chi connectivity index (χ1v) is 9.39. The van der Waals surface area contributed by atoms with Gasteiger partial charge in [0.05, 0.1) is 11.8 Å². The molecule has 0 saturated carbocycles. The highest BCUT2D eigenvalue weighted by molar-refractivity contribution is 6.31. The van der Waals surface area contributed by atoms with Crippen LogP contribution >= 0.6 is 23.2 Å². The summed E-state index contributed by atoms with van der Waals surface area (Å²) in [6, 6.07) is 16.1. The zero-order chi connectivity index (χ0) is 20.5. The molecule has 6 nitrogen and oxygen atoms in total. The van der Waals surface area contributed by atoms with E-state index in [1.54, 1.807) is 42.5 Å². The number of aromatic hydroxyl groups is 2. The number of para-hydroxylation sites is 1. The summed E-state index contributed by atoms with van der Waals surface area (Å²) in [5, 5.41) is 29.9. The maximum Gasteiger partial charge on any atom is 0.278 e. The molecule has 29 heavy (non-hydrogen) atoms. The second-order valence-corrected chi connectivity index (χ2v) is 7.27. The summed E-state index contributed by atoms with van der Waals surface area (Å²) in [4.78, 5) is 13.1. The third kappa shape index (κ3) is 3.72. The molecule has 3 N–H and O–H groups in total. The Morgan fingerprint density at radius 1 is 0.966 bits per heavy atom. The minimum Gasteiger partial charge on any atom is -0.508 e. The molecular formula is C21H15Cl2N3O3. The molecule has 0 radical (unpaired) electrons. The van der Waals surface area contributed by atoms with Crippen LogP contribution in [0.3, 0.4) is 0 Å². The number of hydrogen-bond acceptors (Lipinski definition) is 5. The van der Waals surface area contributed by atoms with Gasteiger partial charge in [-0.05, 0) is 48.5 Å². The Morgan fingerprint density at radius 3 is 2.45 bits per heavy atom. The van der Waals surface area contributed by atoms with E-state index in [9.17, 15) is 15.0 Å². The van der Waals surface area contributed by atoms with Crippen molar-refractivity contribution >= 4 is 41.0 Å². The van der Waals surface area contributed by atoms with Crippen molar-refractivity contribution in [2.24, 2.45) is 5.10 Å². The Balaban J connectivity index is 1.81. The Kier molecular flexibility index (Phi) is 5.05. The molecule has 8 heteroatoms. The summed E-state index contributed by atoms with van der Waals surface area (Å²) in [6.45, 7) is 0. The molecular weight excluding hydrogens is 413 g/mol. The zero-order valence-corrected chi connectivity index (χ0v) is 16.4. The molecule has 1 unspecified atom stereocenters. The van der Waals surface area contributed by atoms with Gasteiger partial charge in [-0.15, -0.1) is 0 Å². The van der Waals surface area contributed by atoms with E-state index >= 15 is 0 Å². The number of rotatable bonds is 3. The number of halogens is 2. The number of carbonyl (C=O) groups excluding carboxylic acids is 1. The van der Waals surface area contributed by atoms with Crippen molar-refractivity contribution in [3.05, 3.63) is 87.4 Å². The van der Waals surface area contributed by atoms with Gasteiger partial charge in [-0.3, -0.25) is 4.79 Å². The fraction of sp³-hybridized carbons (Fsp3) is 0.0476. The fourth-order valence-electron chi connectivity index (χ4n) is 3.07. The standard InChI is InChI=1S/C21H15Cl2N3O3/c22-13-5-7-18(27)12(9-13)11-24-26-20(16-10-14(23)6-8-19(16)28)25-17-4-2-1-3-15(17)21(26)29/h1-11,20,25,27-28H. The predicted octanol–water partition coefficient (Wildman–Crippen LogP) is 5.01. The van der Waals surface area contributed by atoms with Crippen molar-refractivity contribution < 1.29 is 15.0 Å². The number of phenols is 2. The average Bonchev–Trinajstić information content (AvgIpc) is 2.71. The first kappa shape index (κ1) is 19.1. The lowest BCUT2D eigenvalue weighted by molar-refractivity contribution is 0.0689. The van der Waals surface area contributed by atoms with Crippen LogP contribution in [0.2, 0.25) is 10.0 Å². The molecule has 4 rings (SSSR count). The van der Waals surface area contributed by atoms with Crippen molar-refractivity contribution in [1.29, 1.82) is 0 Å². The summed E-state index contributed by atoms with van der Waals surface area (Å²) in [5.41, 5.74) is 1.77. The van der Waals surface area contributed by atoms with Crippen LogP contribution in [0, 0.1) is 0 Å². The lowest BCUT2D eigenvalue weighted by Gasteiger charge is -2.34. The summed E-state index contributed by atoms with van der Waals surface area (Å²) in [6.07, 6.45) is 0.525. The van der Waals surface area contributed by atoms with Crippen LogP contribution in [0.1, 0.15) is 27.7 Å². The lowest BCUT2D eigenvalue weighted by Crippen LogP contribution is -2.39. The maximum absolute atomic E-state index is 13.1. The minimum absolute atomic E-state index is 0.0295. The maximum atomic E-state index is 13.1. The van der Waals surface area contributed by atoms with E-state index in [2.05, 4.69) is 10.4 Å². The van der Waals surface area contributed by atoms with E-state index in [-0.39, 0.29) is 17.4 Å².